The summed E-state index contributed by atoms with van der Waals surface area (Å²) in [4.78, 5) is 13.9. The van der Waals surface area contributed by atoms with E-state index in [-0.39, 0.29) is 12.1 Å². The fourth-order valence-electron chi connectivity index (χ4n) is 2.19. The van der Waals surface area contributed by atoms with Gasteiger partial charge in [0.25, 0.3) is 0 Å². The zero-order valence-electron chi connectivity index (χ0n) is 14.2. The largest absolute Gasteiger partial charge is 0.494 e. The van der Waals surface area contributed by atoms with Crippen molar-refractivity contribution >= 4 is 6.03 Å². The Morgan fingerprint density at radius 3 is 2.64 bits per heavy atom. The molecule has 2 amide bonds. The van der Waals surface area contributed by atoms with E-state index in [0.717, 1.165) is 11.3 Å². The highest BCUT2D eigenvalue weighted by molar-refractivity contribution is 5.74. The number of aliphatic hydroxyl groups is 1. The van der Waals surface area contributed by atoms with E-state index in [9.17, 15) is 9.90 Å². The number of hydrogen-bond acceptors (Lipinski definition) is 3. The van der Waals surface area contributed by atoms with Crippen molar-refractivity contribution in [1.29, 1.82) is 0 Å². The van der Waals surface area contributed by atoms with Gasteiger partial charge >= 0.3 is 6.03 Å². The number of carbonyl (C=O) groups excluding carboxylic acids is 1. The van der Waals surface area contributed by atoms with Crippen molar-refractivity contribution in [2.24, 2.45) is 0 Å². The first kappa shape index (κ1) is 18.3. The van der Waals surface area contributed by atoms with Crippen molar-refractivity contribution < 1.29 is 14.6 Å². The number of urea groups is 1. The molecular weight excluding hydrogens is 280 g/mol. The van der Waals surface area contributed by atoms with E-state index in [0.29, 0.717) is 19.7 Å². The van der Waals surface area contributed by atoms with Crippen molar-refractivity contribution in [1.82, 2.24) is 10.2 Å². The van der Waals surface area contributed by atoms with Gasteiger partial charge in [-0.1, -0.05) is 12.1 Å². The standard InChI is InChI=1S/C17H28N2O3/c1-6-19(12-17(4,5)21)16(20)18-13(3)14-9-8-10-15(11-14)22-7-2/h8-11,13,21H,6-7,12H2,1-5H3,(H,18,20). The van der Waals surface area contributed by atoms with Crippen LogP contribution in [0.15, 0.2) is 24.3 Å². The van der Waals surface area contributed by atoms with Gasteiger partial charge in [0.15, 0.2) is 0 Å². The van der Waals surface area contributed by atoms with Gasteiger partial charge in [0.2, 0.25) is 0 Å². The van der Waals surface area contributed by atoms with Crippen LogP contribution >= 0.6 is 0 Å². The third-order valence-corrected chi connectivity index (χ3v) is 3.26. The van der Waals surface area contributed by atoms with Crippen molar-refractivity contribution in [2.75, 3.05) is 19.7 Å². The van der Waals surface area contributed by atoms with Gasteiger partial charge in [0.1, 0.15) is 5.75 Å². The maximum Gasteiger partial charge on any atom is 0.317 e. The summed E-state index contributed by atoms with van der Waals surface area (Å²) in [6, 6.07) is 7.38. The zero-order chi connectivity index (χ0) is 16.8. The van der Waals surface area contributed by atoms with Gasteiger partial charge in [-0.05, 0) is 52.3 Å². The Morgan fingerprint density at radius 2 is 2.09 bits per heavy atom. The molecule has 1 rings (SSSR count). The first-order chi connectivity index (χ1) is 10.3. The molecule has 0 heterocycles. The average Bonchev–Trinajstić information content (AvgIpc) is 2.44. The van der Waals surface area contributed by atoms with Crippen molar-refractivity contribution in [2.45, 2.75) is 46.3 Å². The van der Waals surface area contributed by atoms with Crippen LogP contribution in [0, 0.1) is 0 Å². The van der Waals surface area contributed by atoms with Crippen LogP contribution in [0.25, 0.3) is 0 Å². The molecule has 0 aliphatic carbocycles. The lowest BCUT2D eigenvalue weighted by Gasteiger charge is -2.29. The maximum atomic E-state index is 12.3. The topological polar surface area (TPSA) is 61.8 Å². The lowest BCUT2D eigenvalue weighted by atomic mass is 10.1. The lowest BCUT2D eigenvalue weighted by molar-refractivity contribution is 0.0476. The molecule has 0 fully saturated rings. The van der Waals surface area contributed by atoms with E-state index in [1.807, 2.05) is 45.0 Å². The molecule has 0 aromatic heterocycles. The molecular formula is C17H28N2O3. The van der Waals surface area contributed by atoms with Gasteiger partial charge in [-0.2, -0.15) is 0 Å². The molecule has 5 nitrogen and oxygen atoms in total. The van der Waals surface area contributed by atoms with Crippen LogP contribution < -0.4 is 10.1 Å². The van der Waals surface area contributed by atoms with E-state index in [4.69, 9.17) is 4.74 Å². The second-order valence-electron chi connectivity index (χ2n) is 6.00. The van der Waals surface area contributed by atoms with Gasteiger partial charge in [-0.25, -0.2) is 4.79 Å². The number of benzene rings is 1. The fraction of sp³-hybridized carbons (Fsp3) is 0.588. The summed E-state index contributed by atoms with van der Waals surface area (Å²) < 4.78 is 5.48. The fourth-order valence-corrected chi connectivity index (χ4v) is 2.19. The quantitative estimate of drug-likeness (QED) is 0.814. The summed E-state index contributed by atoms with van der Waals surface area (Å²) >= 11 is 0. The van der Waals surface area contributed by atoms with Crippen LogP contribution in [0.2, 0.25) is 0 Å². The lowest BCUT2D eigenvalue weighted by Crippen LogP contribution is -2.47. The Kier molecular flexibility index (Phi) is 6.68. The molecule has 0 spiro atoms. The SMILES string of the molecule is CCOc1cccc(C(C)NC(=O)N(CC)CC(C)(C)O)c1. The van der Waals surface area contributed by atoms with E-state index in [2.05, 4.69) is 5.32 Å². The Hall–Kier alpha value is -1.75. The van der Waals surface area contributed by atoms with Crippen LogP contribution in [-0.4, -0.2) is 41.3 Å². The van der Waals surface area contributed by atoms with Gasteiger partial charge in [0, 0.05) is 6.54 Å². The molecule has 0 aliphatic heterocycles. The Labute approximate surface area is 133 Å². The van der Waals surface area contributed by atoms with Crippen LogP contribution in [0.1, 0.15) is 46.2 Å². The third kappa shape index (κ3) is 5.93. The summed E-state index contributed by atoms with van der Waals surface area (Å²) in [6.07, 6.45) is 0. The summed E-state index contributed by atoms with van der Waals surface area (Å²) in [5, 5.41) is 12.8. The first-order valence-electron chi connectivity index (χ1n) is 7.77. The van der Waals surface area contributed by atoms with Gasteiger partial charge in [-0.3, -0.25) is 0 Å². The first-order valence-corrected chi connectivity index (χ1v) is 7.77. The minimum absolute atomic E-state index is 0.135. The minimum atomic E-state index is -0.911. The number of hydrogen-bond donors (Lipinski definition) is 2. The molecule has 1 aromatic carbocycles. The van der Waals surface area contributed by atoms with E-state index in [1.54, 1.807) is 18.7 Å². The number of likely N-dealkylation sites (N-methyl/N-ethyl adjacent to an activating group) is 1. The minimum Gasteiger partial charge on any atom is -0.494 e. The number of nitrogens with zero attached hydrogens (tertiary/aromatic N) is 1. The van der Waals surface area contributed by atoms with Crippen molar-refractivity contribution in [3.63, 3.8) is 0 Å². The maximum absolute atomic E-state index is 12.3. The summed E-state index contributed by atoms with van der Waals surface area (Å²) in [5.41, 5.74) is 0.0736. The average molecular weight is 308 g/mol. The summed E-state index contributed by atoms with van der Waals surface area (Å²) in [5.74, 6) is 0.796. The molecule has 1 unspecified atom stereocenters. The van der Waals surface area contributed by atoms with Crippen molar-refractivity contribution in [3.05, 3.63) is 29.8 Å². The number of amides is 2. The van der Waals surface area contributed by atoms with Gasteiger partial charge < -0.3 is 20.1 Å². The molecule has 0 bridgehead atoms. The molecule has 2 N–H and O–H groups in total. The summed E-state index contributed by atoms with van der Waals surface area (Å²) in [6.45, 7) is 10.6. The van der Waals surface area contributed by atoms with E-state index in [1.165, 1.54) is 0 Å². The second kappa shape index (κ2) is 8.03. The predicted molar refractivity (Wildman–Crippen MR) is 88.1 cm³/mol. The normalized spacial score (nSPS) is 12.6. The van der Waals surface area contributed by atoms with Gasteiger partial charge in [-0.15, -0.1) is 0 Å². The molecule has 0 aliphatic rings. The molecule has 5 heteroatoms. The Balaban J connectivity index is 2.72. The highest BCUT2D eigenvalue weighted by atomic mass is 16.5. The summed E-state index contributed by atoms with van der Waals surface area (Å²) in [7, 11) is 0. The monoisotopic (exact) mass is 308 g/mol. The molecule has 1 aromatic rings. The second-order valence-corrected chi connectivity index (χ2v) is 6.00. The smallest absolute Gasteiger partial charge is 0.317 e. The molecule has 22 heavy (non-hydrogen) atoms. The predicted octanol–water partition coefficient (Wildman–Crippen LogP) is 2.95. The van der Waals surface area contributed by atoms with Crippen molar-refractivity contribution in [3.8, 4) is 5.75 Å². The molecule has 1 atom stereocenters. The third-order valence-electron chi connectivity index (χ3n) is 3.26. The molecule has 0 saturated heterocycles. The van der Waals surface area contributed by atoms with Gasteiger partial charge in [0.05, 0.1) is 24.8 Å². The van der Waals surface area contributed by atoms with Crippen LogP contribution in [0.5, 0.6) is 5.75 Å². The Bertz CT molecular complexity index is 483. The highest BCUT2D eigenvalue weighted by Crippen LogP contribution is 2.19. The number of rotatable bonds is 7. The molecule has 124 valence electrons. The zero-order valence-corrected chi connectivity index (χ0v) is 14.2. The van der Waals surface area contributed by atoms with E-state index >= 15 is 0 Å². The van der Waals surface area contributed by atoms with E-state index < -0.39 is 5.60 Å². The Morgan fingerprint density at radius 1 is 1.41 bits per heavy atom. The molecule has 0 radical (unpaired) electrons. The number of carbonyl (C=O) groups is 1. The highest BCUT2D eigenvalue weighted by Gasteiger charge is 2.22. The molecule has 0 saturated carbocycles. The van der Waals surface area contributed by atoms with Crippen LogP contribution in [-0.2, 0) is 0 Å². The van der Waals surface area contributed by atoms with Crippen LogP contribution in [0.4, 0.5) is 4.79 Å². The number of ether oxygens (including phenoxy) is 1. The van der Waals surface area contributed by atoms with Crippen LogP contribution in [0.3, 0.4) is 0 Å². The number of nitrogens with one attached hydrogen (secondary N) is 1.